The average molecular weight is 473 g/mol. The molecule has 35 heavy (non-hydrogen) atoms. The highest BCUT2D eigenvalue weighted by Crippen LogP contribution is 2.27. The van der Waals surface area contributed by atoms with Crippen LogP contribution in [0.3, 0.4) is 0 Å². The maximum atomic E-state index is 13.2. The molecule has 0 aliphatic rings. The number of hydrogen-bond acceptors (Lipinski definition) is 5. The Bertz CT molecular complexity index is 1500. The second kappa shape index (κ2) is 9.97. The number of aromatic nitrogens is 3. The summed E-state index contributed by atoms with van der Waals surface area (Å²) in [7, 11) is 0. The standard InChI is InChI=1S/C27H28N4O4/c1-5-31(26(33)21-12-22-24(28-13-21)29-27(34)30-25(22)32)14-20-10-17(3)23(18(4)11-20)35-15-19-8-6-7-16(2)9-19/h6-13H,5,14-15H2,1-4H3,(H2,28,29,30,32,34). The lowest BCUT2D eigenvalue weighted by molar-refractivity contribution is 0.0752. The molecular weight excluding hydrogens is 444 g/mol. The summed E-state index contributed by atoms with van der Waals surface area (Å²) in [5, 5.41) is 0.160. The highest BCUT2D eigenvalue weighted by Gasteiger charge is 2.18. The van der Waals surface area contributed by atoms with Gasteiger partial charge in [0.05, 0.1) is 10.9 Å². The molecule has 0 radical (unpaired) electrons. The smallest absolute Gasteiger partial charge is 0.327 e. The molecule has 0 atom stereocenters. The highest BCUT2D eigenvalue weighted by molar-refractivity contribution is 5.96. The van der Waals surface area contributed by atoms with Crippen LogP contribution in [0.15, 0.2) is 58.3 Å². The Labute approximate surface area is 202 Å². The minimum absolute atomic E-state index is 0.144. The van der Waals surface area contributed by atoms with E-state index in [0.717, 1.165) is 28.0 Å². The monoisotopic (exact) mass is 472 g/mol. The van der Waals surface area contributed by atoms with Crippen LogP contribution in [0.4, 0.5) is 0 Å². The average Bonchev–Trinajstić information content (AvgIpc) is 2.81. The number of pyridine rings is 1. The summed E-state index contributed by atoms with van der Waals surface area (Å²) < 4.78 is 6.13. The highest BCUT2D eigenvalue weighted by atomic mass is 16.5. The van der Waals surface area contributed by atoms with E-state index in [0.29, 0.717) is 19.7 Å². The van der Waals surface area contributed by atoms with Crippen molar-refractivity contribution in [1.29, 1.82) is 0 Å². The van der Waals surface area contributed by atoms with E-state index in [4.69, 9.17) is 4.74 Å². The van der Waals surface area contributed by atoms with Crippen LogP contribution < -0.4 is 16.0 Å². The summed E-state index contributed by atoms with van der Waals surface area (Å²) in [6, 6.07) is 13.8. The Balaban J connectivity index is 1.53. The van der Waals surface area contributed by atoms with Gasteiger partial charge >= 0.3 is 5.69 Å². The molecule has 1 amide bonds. The van der Waals surface area contributed by atoms with E-state index in [1.54, 1.807) is 4.90 Å². The molecule has 4 aromatic rings. The lowest BCUT2D eigenvalue weighted by Crippen LogP contribution is -2.31. The van der Waals surface area contributed by atoms with Gasteiger partial charge in [0.2, 0.25) is 0 Å². The van der Waals surface area contributed by atoms with Gasteiger partial charge in [-0.2, -0.15) is 0 Å². The van der Waals surface area contributed by atoms with Gasteiger partial charge in [0.15, 0.2) is 0 Å². The summed E-state index contributed by atoms with van der Waals surface area (Å²) in [5.41, 5.74) is 4.49. The summed E-state index contributed by atoms with van der Waals surface area (Å²) in [4.78, 5) is 47.2. The molecule has 0 spiro atoms. The molecule has 0 bridgehead atoms. The molecule has 8 nitrogen and oxygen atoms in total. The van der Waals surface area contributed by atoms with Crippen molar-refractivity contribution in [2.24, 2.45) is 0 Å². The molecular formula is C27H28N4O4. The van der Waals surface area contributed by atoms with Crippen molar-refractivity contribution in [2.75, 3.05) is 6.54 Å². The van der Waals surface area contributed by atoms with E-state index < -0.39 is 11.2 Å². The number of ether oxygens (including phenoxy) is 1. The molecule has 0 saturated heterocycles. The Morgan fingerprint density at radius 1 is 1.00 bits per heavy atom. The number of carbonyl (C=O) groups excluding carboxylic acids is 1. The van der Waals surface area contributed by atoms with Crippen molar-refractivity contribution in [2.45, 2.75) is 40.8 Å². The second-order valence-electron chi connectivity index (χ2n) is 8.68. The molecule has 8 heteroatoms. The van der Waals surface area contributed by atoms with E-state index in [1.807, 2.05) is 45.0 Å². The molecule has 0 aliphatic carbocycles. The van der Waals surface area contributed by atoms with Crippen LogP contribution in [0.25, 0.3) is 11.0 Å². The number of fused-ring (bicyclic) bond motifs is 1. The fourth-order valence-electron chi connectivity index (χ4n) is 4.21. The SMILES string of the molecule is CCN(Cc1cc(C)c(OCc2cccc(C)c2)c(C)c1)C(=O)c1cnc2[nH]c(=O)[nH]c(=O)c2c1. The maximum absolute atomic E-state index is 13.2. The van der Waals surface area contributed by atoms with Gasteiger partial charge in [0.1, 0.15) is 18.0 Å². The summed E-state index contributed by atoms with van der Waals surface area (Å²) in [6.45, 7) is 9.32. The van der Waals surface area contributed by atoms with Crippen LogP contribution in [-0.4, -0.2) is 32.3 Å². The van der Waals surface area contributed by atoms with Crippen LogP contribution in [-0.2, 0) is 13.2 Å². The van der Waals surface area contributed by atoms with Gasteiger partial charge in [-0.25, -0.2) is 9.78 Å². The van der Waals surface area contributed by atoms with Crippen LogP contribution >= 0.6 is 0 Å². The number of H-pyrrole nitrogens is 2. The van der Waals surface area contributed by atoms with Gasteiger partial charge in [0.25, 0.3) is 11.5 Å². The number of amides is 1. The summed E-state index contributed by atoms with van der Waals surface area (Å²) in [5.74, 6) is 0.596. The first-order valence-electron chi connectivity index (χ1n) is 11.4. The molecule has 4 rings (SSSR count). The topological polar surface area (TPSA) is 108 Å². The van der Waals surface area contributed by atoms with Gasteiger partial charge in [-0.3, -0.25) is 19.6 Å². The van der Waals surface area contributed by atoms with Gasteiger partial charge < -0.3 is 9.64 Å². The Morgan fingerprint density at radius 2 is 1.74 bits per heavy atom. The molecule has 0 unspecified atom stereocenters. The number of carbonyl (C=O) groups is 1. The number of benzene rings is 2. The molecule has 2 aromatic carbocycles. The minimum Gasteiger partial charge on any atom is -0.488 e. The van der Waals surface area contributed by atoms with Crippen molar-refractivity contribution in [1.82, 2.24) is 19.9 Å². The maximum Gasteiger partial charge on any atom is 0.327 e. The Hall–Kier alpha value is -4.20. The van der Waals surface area contributed by atoms with Crippen LogP contribution in [0.1, 0.15) is 45.1 Å². The Kier molecular flexibility index (Phi) is 6.82. The zero-order valence-electron chi connectivity index (χ0n) is 20.3. The number of nitrogens with one attached hydrogen (secondary N) is 2. The first kappa shape index (κ1) is 23.9. The van der Waals surface area contributed by atoms with Gasteiger partial charge in [-0.15, -0.1) is 0 Å². The Morgan fingerprint density at radius 3 is 2.43 bits per heavy atom. The summed E-state index contributed by atoms with van der Waals surface area (Å²) >= 11 is 0. The zero-order chi connectivity index (χ0) is 25.1. The van der Waals surface area contributed by atoms with E-state index in [-0.39, 0.29) is 22.5 Å². The van der Waals surface area contributed by atoms with Crippen molar-refractivity contribution in [3.63, 3.8) is 0 Å². The third kappa shape index (κ3) is 5.32. The third-order valence-electron chi connectivity index (χ3n) is 5.87. The molecule has 0 aliphatic heterocycles. The van der Waals surface area contributed by atoms with E-state index in [9.17, 15) is 14.4 Å². The molecule has 0 fully saturated rings. The van der Waals surface area contributed by atoms with E-state index in [2.05, 4.69) is 34.0 Å². The predicted octanol–water partition coefficient (Wildman–Crippen LogP) is 3.78. The minimum atomic E-state index is -0.638. The van der Waals surface area contributed by atoms with Crippen molar-refractivity contribution >= 4 is 16.9 Å². The van der Waals surface area contributed by atoms with Crippen molar-refractivity contribution in [3.8, 4) is 5.75 Å². The lowest BCUT2D eigenvalue weighted by atomic mass is 10.0. The number of aromatic amines is 2. The quantitative estimate of drug-likeness (QED) is 0.426. The number of hydrogen-bond donors (Lipinski definition) is 2. The predicted molar refractivity (Wildman–Crippen MR) is 135 cm³/mol. The summed E-state index contributed by atoms with van der Waals surface area (Å²) in [6.07, 6.45) is 1.38. The normalized spacial score (nSPS) is 11.0. The second-order valence-corrected chi connectivity index (χ2v) is 8.68. The molecule has 180 valence electrons. The zero-order valence-corrected chi connectivity index (χ0v) is 20.3. The van der Waals surface area contributed by atoms with Crippen LogP contribution in [0.5, 0.6) is 5.75 Å². The lowest BCUT2D eigenvalue weighted by Gasteiger charge is -2.22. The van der Waals surface area contributed by atoms with E-state index >= 15 is 0 Å². The first-order chi connectivity index (χ1) is 16.7. The number of nitrogens with zero attached hydrogens (tertiary/aromatic N) is 2. The molecule has 2 N–H and O–H groups in total. The molecule has 2 heterocycles. The largest absolute Gasteiger partial charge is 0.488 e. The van der Waals surface area contributed by atoms with Crippen LogP contribution in [0.2, 0.25) is 0 Å². The van der Waals surface area contributed by atoms with Gasteiger partial charge in [0, 0.05) is 19.3 Å². The molecule has 2 aromatic heterocycles. The van der Waals surface area contributed by atoms with E-state index in [1.165, 1.54) is 17.8 Å². The van der Waals surface area contributed by atoms with Gasteiger partial charge in [-0.05, 0) is 56.0 Å². The first-order valence-corrected chi connectivity index (χ1v) is 11.4. The van der Waals surface area contributed by atoms with Crippen LogP contribution in [0, 0.1) is 20.8 Å². The fraction of sp³-hybridized carbons (Fsp3) is 0.259. The number of rotatable bonds is 7. The number of aryl methyl sites for hydroxylation is 3. The third-order valence-corrected chi connectivity index (χ3v) is 5.87. The fourth-order valence-corrected chi connectivity index (χ4v) is 4.21. The molecule has 0 saturated carbocycles. The van der Waals surface area contributed by atoms with Gasteiger partial charge in [-0.1, -0.05) is 42.0 Å². The van der Waals surface area contributed by atoms with Crippen molar-refractivity contribution in [3.05, 3.63) is 103 Å². The van der Waals surface area contributed by atoms with Crippen molar-refractivity contribution < 1.29 is 9.53 Å².